The molecule has 0 unspecified atom stereocenters. The molecule has 0 aliphatic rings. The lowest BCUT2D eigenvalue weighted by atomic mass is 10.1. The molecule has 0 radical (unpaired) electrons. The van der Waals surface area contributed by atoms with Crippen LogP contribution in [0.15, 0.2) is 42.5 Å². The van der Waals surface area contributed by atoms with Crippen LogP contribution < -0.4 is 9.62 Å². The van der Waals surface area contributed by atoms with Crippen molar-refractivity contribution in [2.45, 2.75) is 52.6 Å². The number of unbranched alkanes of at least 4 members (excludes halogenated alkanes) is 1. The first kappa shape index (κ1) is 28.9. The fourth-order valence-corrected chi connectivity index (χ4v) is 5.06. The summed E-state index contributed by atoms with van der Waals surface area (Å²) >= 11 is 12.4. The number of anilines is 1. The van der Waals surface area contributed by atoms with E-state index in [1.54, 1.807) is 49.4 Å². The van der Waals surface area contributed by atoms with Crippen molar-refractivity contribution in [3.8, 4) is 0 Å². The van der Waals surface area contributed by atoms with E-state index >= 15 is 0 Å². The largest absolute Gasteiger partial charge is 0.354 e. The number of benzene rings is 2. The Bertz CT molecular complexity index is 1140. The lowest BCUT2D eigenvalue weighted by molar-refractivity contribution is -0.140. The minimum atomic E-state index is -3.82. The number of aryl methyl sites for hydroxylation is 1. The van der Waals surface area contributed by atoms with Crippen LogP contribution in [0.3, 0.4) is 0 Å². The third-order valence-corrected chi connectivity index (χ3v) is 7.35. The minimum Gasteiger partial charge on any atom is -0.354 e. The predicted molar refractivity (Wildman–Crippen MR) is 142 cm³/mol. The van der Waals surface area contributed by atoms with Gasteiger partial charge >= 0.3 is 0 Å². The highest BCUT2D eigenvalue weighted by atomic mass is 35.5. The molecule has 7 nitrogen and oxygen atoms in total. The van der Waals surface area contributed by atoms with E-state index in [1.807, 2.05) is 13.8 Å². The molecule has 2 aromatic carbocycles. The first-order valence-corrected chi connectivity index (χ1v) is 14.1. The molecule has 1 atom stereocenters. The van der Waals surface area contributed by atoms with Crippen molar-refractivity contribution in [3.05, 3.63) is 63.6 Å². The second kappa shape index (κ2) is 13.1. The standard InChI is InChI=1S/C25H33Cl2N3O4S/c1-5-7-14-28-25(32)22(6-2)29(16-19-10-8-9-11-21(19)27)24(31)17-30(35(4,33)34)23-13-12-20(26)15-18(23)3/h8-13,15,22H,5-7,14,16-17H2,1-4H3,(H,28,32)/t22-/m1/s1. The molecule has 10 heteroatoms. The maximum atomic E-state index is 13.7. The van der Waals surface area contributed by atoms with Crippen LogP contribution in [-0.2, 0) is 26.2 Å². The molecule has 2 rings (SSSR count). The van der Waals surface area contributed by atoms with Gasteiger partial charge in [-0.05, 0) is 55.2 Å². The van der Waals surface area contributed by atoms with Gasteiger partial charge < -0.3 is 10.2 Å². The van der Waals surface area contributed by atoms with Gasteiger partial charge in [-0.1, -0.05) is 61.7 Å². The summed E-state index contributed by atoms with van der Waals surface area (Å²) in [5, 5.41) is 3.81. The molecule has 0 spiro atoms. The van der Waals surface area contributed by atoms with Crippen LogP contribution >= 0.6 is 23.2 Å². The molecular formula is C25H33Cl2N3O4S. The van der Waals surface area contributed by atoms with E-state index in [2.05, 4.69) is 5.32 Å². The number of nitrogens with one attached hydrogen (secondary N) is 1. The number of sulfonamides is 1. The topological polar surface area (TPSA) is 86.8 Å². The summed E-state index contributed by atoms with van der Waals surface area (Å²) < 4.78 is 26.5. The molecule has 0 bridgehead atoms. The summed E-state index contributed by atoms with van der Waals surface area (Å²) in [6.07, 6.45) is 3.13. The average Bonchev–Trinajstić information content (AvgIpc) is 2.78. The summed E-state index contributed by atoms with van der Waals surface area (Å²) in [5.74, 6) is -0.794. The van der Waals surface area contributed by atoms with Crippen LogP contribution in [0, 0.1) is 6.92 Å². The van der Waals surface area contributed by atoms with Crippen molar-refractivity contribution in [1.82, 2.24) is 10.2 Å². The van der Waals surface area contributed by atoms with Crippen LogP contribution in [0.2, 0.25) is 10.0 Å². The fourth-order valence-electron chi connectivity index (χ4n) is 3.73. The Morgan fingerprint density at radius 1 is 1.09 bits per heavy atom. The van der Waals surface area contributed by atoms with E-state index in [9.17, 15) is 18.0 Å². The fraction of sp³-hybridized carbons (Fsp3) is 0.440. The van der Waals surface area contributed by atoms with Gasteiger partial charge in [0.1, 0.15) is 12.6 Å². The van der Waals surface area contributed by atoms with Gasteiger partial charge in [0.15, 0.2) is 0 Å². The third kappa shape index (κ3) is 8.12. The molecule has 0 aromatic heterocycles. The van der Waals surface area contributed by atoms with E-state index in [-0.39, 0.29) is 12.5 Å². The predicted octanol–water partition coefficient (Wildman–Crippen LogP) is 4.79. The second-order valence-electron chi connectivity index (χ2n) is 8.38. The first-order valence-electron chi connectivity index (χ1n) is 11.5. The van der Waals surface area contributed by atoms with E-state index in [1.165, 1.54) is 4.90 Å². The summed E-state index contributed by atoms with van der Waals surface area (Å²) in [4.78, 5) is 28.1. The zero-order valence-electron chi connectivity index (χ0n) is 20.6. The van der Waals surface area contributed by atoms with Gasteiger partial charge in [0.25, 0.3) is 0 Å². The van der Waals surface area contributed by atoms with Gasteiger partial charge in [-0.25, -0.2) is 8.42 Å². The maximum absolute atomic E-state index is 13.7. The highest BCUT2D eigenvalue weighted by Gasteiger charge is 2.32. The Kier molecular flexibility index (Phi) is 10.9. The molecule has 2 aromatic rings. The smallest absolute Gasteiger partial charge is 0.244 e. The van der Waals surface area contributed by atoms with Crippen LogP contribution in [0.5, 0.6) is 0 Å². The van der Waals surface area contributed by atoms with Gasteiger partial charge in [0.05, 0.1) is 11.9 Å². The molecule has 0 saturated heterocycles. The number of carbonyl (C=O) groups excluding carboxylic acids is 2. The molecule has 1 N–H and O–H groups in total. The van der Waals surface area contributed by atoms with Crippen molar-refractivity contribution in [1.29, 1.82) is 0 Å². The summed E-state index contributed by atoms with van der Waals surface area (Å²) in [5.41, 5.74) is 1.62. The zero-order valence-corrected chi connectivity index (χ0v) is 22.9. The number of hydrogen-bond donors (Lipinski definition) is 1. The molecule has 2 amide bonds. The monoisotopic (exact) mass is 541 g/mol. The normalized spacial score (nSPS) is 12.2. The number of amides is 2. The molecule has 0 saturated carbocycles. The van der Waals surface area contributed by atoms with Crippen molar-refractivity contribution in [2.24, 2.45) is 0 Å². The zero-order chi connectivity index (χ0) is 26.2. The number of rotatable bonds is 12. The SMILES string of the molecule is CCCCNC(=O)[C@@H](CC)N(Cc1ccccc1Cl)C(=O)CN(c1ccc(Cl)cc1C)S(C)(=O)=O. The van der Waals surface area contributed by atoms with Gasteiger partial charge in [-0.15, -0.1) is 0 Å². The van der Waals surface area contributed by atoms with Crippen LogP contribution in [0.1, 0.15) is 44.2 Å². The summed E-state index contributed by atoms with van der Waals surface area (Å²) in [6.45, 7) is 5.66. The molecular weight excluding hydrogens is 509 g/mol. The summed E-state index contributed by atoms with van der Waals surface area (Å²) in [7, 11) is -3.82. The Hall–Kier alpha value is -2.29. The molecule has 192 valence electrons. The van der Waals surface area contributed by atoms with E-state index in [0.29, 0.717) is 39.8 Å². The Labute approximate surface area is 218 Å². The van der Waals surface area contributed by atoms with E-state index < -0.39 is 28.5 Å². The van der Waals surface area contributed by atoms with Gasteiger partial charge in [-0.2, -0.15) is 0 Å². The second-order valence-corrected chi connectivity index (χ2v) is 11.1. The lowest BCUT2D eigenvalue weighted by Gasteiger charge is -2.33. The van der Waals surface area contributed by atoms with Crippen molar-refractivity contribution < 1.29 is 18.0 Å². The Balaban J connectivity index is 2.45. The van der Waals surface area contributed by atoms with Gasteiger partial charge in [0, 0.05) is 23.1 Å². The molecule has 35 heavy (non-hydrogen) atoms. The highest BCUT2D eigenvalue weighted by molar-refractivity contribution is 7.92. The number of halogens is 2. The Morgan fingerprint density at radius 3 is 2.34 bits per heavy atom. The van der Waals surface area contributed by atoms with E-state index in [4.69, 9.17) is 23.2 Å². The van der Waals surface area contributed by atoms with Crippen LogP contribution in [-0.4, -0.2) is 50.5 Å². The van der Waals surface area contributed by atoms with Gasteiger partial charge in [-0.3, -0.25) is 13.9 Å². The average molecular weight is 543 g/mol. The van der Waals surface area contributed by atoms with Crippen molar-refractivity contribution >= 4 is 50.7 Å². The quantitative estimate of drug-likeness (QED) is 0.391. The first-order chi connectivity index (χ1) is 16.5. The van der Waals surface area contributed by atoms with Crippen molar-refractivity contribution in [3.63, 3.8) is 0 Å². The number of hydrogen-bond acceptors (Lipinski definition) is 4. The highest BCUT2D eigenvalue weighted by Crippen LogP contribution is 2.26. The van der Waals surface area contributed by atoms with Gasteiger partial charge in [0.2, 0.25) is 21.8 Å². The molecule has 0 fully saturated rings. The van der Waals surface area contributed by atoms with Crippen LogP contribution in [0.4, 0.5) is 5.69 Å². The van der Waals surface area contributed by atoms with E-state index in [0.717, 1.165) is 23.4 Å². The van der Waals surface area contributed by atoms with Crippen molar-refractivity contribution in [2.75, 3.05) is 23.7 Å². The molecule has 0 aliphatic carbocycles. The third-order valence-electron chi connectivity index (χ3n) is 5.62. The Morgan fingerprint density at radius 2 is 1.77 bits per heavy atom. The van der Waals surface area contributed by atoms with Crippen LogP contribution in [0.25, 0.3) is 0 Å². The number of nitrogens with zero attached hydrogens (tertiary/aromatic N) is 2. The maximum Gasteiger partial charge on any atom is 0.244 e. The number of carbonyl (C=O) groups is 2. The molecule has 0 heterocycles. The lowest BCUT2D eigenvalue weighted by Crippen LogP contribution is -2.52. The molecule has 0 aliphatic heterocycles. The minimum absolute atomic E-state index is 0.0649. The summed E-state index contributed by atoms with van der Waals surface area (Å²) in [6, 6.07) is 11.1.